The van der Waals surface area contributed by atoms with E-state index in [-0.39, 0.29) is 48.4 Å². The number of carbonyl (C=O) groups excluding carboxylic acids is 6. The summed E-state index contributed by atoms with van der Waals surface area (Å²) >= 11 is 1.16. The Morgan fingerprint density at radius 3 is 1.65 bits per heavy atom. The van der Waals surface area contributed by atoms with Crippen molar-refractivity contribution in [1.82, 2.24) is 0 Å². The van der Waals surface area contributed by atoms with Crippen LogP contribution in [-0.2, 0) is 42.9 Å². The molecule has 0 spiro atoms. The van der Waals surface area contributed by atoms with Gasteiger partial charge in [0.15, 0.2) is 18.3 Å². The zero-order valence-corrected chi connectivity index (χ0v) is 28.2. The van der Waals surface area contributed by atoms with Crippen LogP contribution < -0.4 is 0 Å². The molecule has 0 aliphatic carbocycles. The molecule has 3 aromatic rings. The summed E-state index contributed by atoms with van der Waals surface area (Å²) < 4.78 is 29.7. The van der Waals surface area contributed by atoms with Gasteiger partial charge in [0.2, 0.25) is 0 Å². The van der Waals surface area contributed by atoms with E-state index in [2.05, 4.69) is 0 Å². The van der Waals surface area contributed by atoms with E-state index in [4.69, 9.17) is 23.7 Å². The van der Waals surface area contributed by atoms with Gasteiger partial charge in [-0.25, -0.2) is 9.59 Å². The summed E-state index contributed by atoms with van der Waals surface area (Å²) in [5, 5.41) is 0. The maximum atomic E-state index is 13.5. The Balaban J connectivity index is 1.75. The zero-order valence-electron chi connectivity index (χ0n) is 27.4. The molecule has 0 bridgehead atoms. The average Bonchev–Trinajstić information content (AvgIpc) is 3.09. The lowest BCUT2D eigenvalue weighted by atomic mass is 9.98. The minimum Gasteiger partial charge on any atom is -0.459 e. The number of thioether (sulfide) groups is 1. The molecule has 49 heavy (non-hydrogen) atoms. The van der Waals surface area contributed by atoms with Gasteiger partial charge in [0.1, 0.15) is 29.7 Å². The minimum absolute atomic E-state index is 0.0851. The van der Waals surface area contributed by atoms with Crippen LogP contribution in [0, 0.1) is 6.92 Å². The predicted octanol–water partition coefficient (Wildman–Crippen LogP) is 5.46. The highest BCUT2D eigenvalue weighted by Crippen LogP contribution is 2.38. The van der Waals surface area contributed by atoms with E-state index in [1.807, 2.05) is 31.2 Å². The molecule has 4 rings (SSSR count). The second-order valence-corrected chi connectivity index (χ2v) is 12.7. The van der Waals surface area contributed by atoms with Crippen molar-refractivity contribution in [2.75, 3.05) is 6.61 Å². The van der Waals surface area contributed by atoms with Crippen LogP contribution in [0.5, 0.6) is 0 Å². The third-order valence-corrected chi connectivity index (χ3v) is 8.56. The Morgan fingerprint density at radius 1 is 0.612 bits per heavy atom. The molecule has 0 radical (unpaired) electrons. The lowest BCUT2D eigenvalue weighted by Crippen LogP contribution is -2.61. The monoisotopic (exact) mass is 690 g/mol. The van der Waals surface area contributed by atoms with Gasteiger partial charge in [0.05, 0.1) is 24.0 Å². The standard InChI is InChI=1S/C37H38O11S/c1-23-14-18-28(19-15-23)49-37-34(47-31(41)21-17-25(3)39)33(48-36(43)27-12-8-5-9-13-27)32(46-30(40)20-16-24(2)38)29(45-37)22-44-35(42)26-10-6-4-7-11-26/h4-15,18-19,29,32-34,37H,16-17,20-22H2,1-3H3/t29-,32-,33+,34-,37+/m1/s1. The number of Topliss-reactive ketones (excluding diaryl/α,β-unsaturated/α-hetero) is 2. The van der Waals surface area contributed by atoms with Crippen molar-refractivity contribution in [1.29, 1.82) is 0 Å². The highest BCUT2D eigenvalue weighted by atomic mass is 32.2. The van der Waals surface area contributed by atoms with Gasteiger partial charge in [-0.15, -0.1) is 0 Å². The topological polar surface area (TPSA) is 149 Å². The maximum Gasteiger partial charge on any atom is 0.338 e. The summed E-state index contributed by atoms with van der Waals surface area (Å²) in [6, 6.07) is 23.7. The molecule has 1 saturated heterocycles. The first kappa shape index (κ1) is 37.0. The number of rotatable bonds is 15. The molecule has 1 fully saturated rings. The number of carbonyl (C=O) groups is 6. The molecule has 1 aliphatic heterocycles. The van der Waals surface area contributed by atoms with E-state index < -0.39 is 60.3 Å². The molecule has 0 saturated carbocycles. The van der Waals surface area contributed by atoms with Crippen LogP contribution in [0.2, 0.25) is 0 Å². The zero-order chi connectivity index (χ0) is 35.3. The third-order valence-electron chi connectivity index (χ3n) is 7.40. The third kappa shape index (κ3) is 11.4. The quantitative estimate of drug-likeness (QED) is 0.147. The molecule has 0 aromatic heterocycles. The number of benzene rings is 3. The molecule has 258 valence electrons. The number of esters is 4. The Hall–Kier alpha value is -4.81. The van der Waals surface area contributed by atoms with Crippen LogP contribution in [0.1, 0.15) is 65.8 Å². The largest absolute Gasteiger partial charge is 0.459 e. The van der Waals surface area contributed by atoms with Gasteiger partial charge in [-0.05, 0) is 57.2 Å². The number of ether oxygens (including phenoxy) is 5. The first-order chi connectivity index (χ1) is 23.5. The van der Waals surface area contributed by atoms with E-state index in [0.29, 0.717) is 4.90 Å². The van der Waals surface area contributed by atoms with Gasteiger partial charge >= 0.3 is 23.9 Å². The second-order valence-electron chi connectivity index (χ2n) is 11.5. The van der Waals surface area contributed by atoms with Crippen molar-refractivity contribution < 1.29 is 52.5 Å². The van der Waals surface area contributed by atoms with E-state index >= 15 is 0 Å². The summed E-state index contributed by atoms with van der Waals surface area (Å²) in [5.74, 6) is -3.54. The molecule has 12 heteroatoms. The lowest BCUT2D eigenvalue weighted by Gasteiger charge is -2.44. The molecule has 11 nitrogen and oxygen atoms in total. The minimum atomic E-state index is -1.47. The van der Waals surface area contributed by atoms with Crippen LogP contribution in [-0.4, -0.2) is 71.9 Å². The van der Waals surface area contributed by atoms with Crippen LogP contribution in [0.15, 0.2) is 89.8 Å². The highest BCUT2D eigenvalue weighted by Gasteiger charge is 2.53. The van der Waals surface area contributed by atoms with E-state index in [9.17, 15) is 28.8 Å². The summed E-state index contributed by atoms with van der Waals surface area (Å²) in [4.78, 5) is 76.8. The Morgan fingerprint density at radius 2 is 1.12 bits per heavy atom. The average molecular weight is 691 g/mol. The van der Waals surface area contributed by atoms with Crippen molar-refractivity contribution in [2.24, 2.45) is 0 Å². The number of aryl methyl sites for hydroxylation is 1. The molecular formula is C37H38O11S. The van der Waals surface area contributed by atoms with Crippen LogP contribution in [0.3, 0.4) is 0 Å². The molecule has 1 aliphatic rings. The molecule has 3 aromatic carbocycles. The van der Waals surface area contributed by atoms with Crippen molar-refractivity contribution >= 4 is 47.2 Å². The normalized spacial score (nSPS) is 20.0. The van der Waals surface area contributed by atoms with Crippen molar-refractivity contribution in [3.8, 4) is 0 Å². The number of hydrogen-bond donors (Lipinski definition) is 0. The summed E-state index contributed by atoms with van der Waals surface area (Å²) in [6.45, 7) is 4.16. The fourth-order valence-electron chi connectivity index (χ4n) is 4.82. The van der Waals surface area contributed by atoms with Crippen molar-refractivity contribution in [3.05, 3.63) is 102 Å². The van der Waals surface area contributed by atoms with Gasteiger partial charge < -0.3 is 33.3 Å². The molecular weight excluding hydrogens is 652 g/mol. The fourth-order valence-corrected chi connectivity index (χ4v) is 5.92. The first-order valence-corrected chi connectivity index (χ1v) is 16.6. The van der Waals surface area contributed by atoms with Gasteiger partial charge in [0.25, 0.3) is 0 Å². The second kappa shape index (κ2) is 18.1. The molecule has 1 heterocycles. The Labute approximate surface area is 288 Å². The molecule has 0 amide bonds. The van der Waals surface area contributed by atoms with Crippen molar-refractivity contribution in [3.63, 3.8) is 0 Å². The van der Waals surface area contributed by atoms with E-state index in [0.717, 1.165) is 17.3 Å². The molecule has 0 unspecified atom stereocenters. The molecule has 5 atom stereocenters. The van der Waals surface area contributed by atoms with Crippen LogP contribution in [0.4, 0.5) is 0 Å². The van der Waals surface area contributed by atoms with Gasteiger partial charge in [-0.3, -0.25) is 9.59 Å². The van der Waals surface area contributed by atoms with Crippen molar-refractivity contribution in [2.45, 2.75) is 81.2 Å². The lowest BCUT2D eigenvalue weighted by molar-refractivity contribution is -0.229. The summed E-state index contributed by atoms with van der Waals surface area (Å²) in [7, 11) is 0. The van der Waals surface area contributed by atoms with Gasteiger partial charge in [-0.2, -0.15) is 0 Å². The predicted molar refractivity (Wildman–Crippen MR) is 178 cm³/mol. The Bertz CT molecular complexity index is 1610. The van der Waals surface area contributed by atoms with E-state index in [1.54, 1.807) is 48.5 Å². The Kier molecular flexibility index (Phi) is 13.7. The smallest absolute Gasteiger partial charge is 0.338 e. The summed E-state index contributed by atoms with van der Waals surface area (Å²) in [5.41, 5.74) is 0.375. The van der Waals surface area contributed by atoms with Crippen LogP contribution >= 0.6 is 11.8 Å². The maximum absolute atomic E-state index is 13.5. The SMILES string of the molecule is CC(=O)CCC(=O)O[C@@H]1[C@@H](OC(=O)c2ccccc2)[C@H](OC(=O)CCC(C)=O)[C@@H](COC(=O)c2ccccc2)O[C@H]1Sc1ccc(C)cc1. The highest BCUT2D eigenvalue weighted by molar-refractivity contribution is 7.99. The van der Waals surface area contributed by atoms with E-state index in [1.165, 1.54) is 26.0 Å². The van der Waals surface area contributed by atoms with Gasteiger partial charge in [0, 0.05) is 17.7 Å². The van der Waals surface area contributed by atoms with Crippen LogP contribution in [0.25, 0.3) is 0 Å². The number of ketones is 2. The first-order valence-electron chi connectivity index (χ1n) is 15.7. The van der Waals surface area contributed by atoms with Gasteiger partial charge in [-0.1, -0.05) is 65.9 Å². The summed E-state index contributed by atoms with van der Waals surface area (Å²) in [6.07, 6.45) is -6.21. The molecule has 0 N–H and O–H groups in total. The fraction of sp³-hybridized carbons (Fsp3) is 0.351. The number of hydrogen-bond acceptors (Lipinski definition) is 12.